The molecule has 0 bridgehead atoms. The van der Waals surface area contributed by atoms with Crippen molar-refractivity contribution in [2.45, 2.75) is 25.4 Å². The molecule has 2 aromatic rings. The molecule has 2 aliphatic heterocycles. The third-order valence-electron chi connectivity index (χ3n) is 5.40. The smallest absolute Gasteiger partial charge is 0.481 e. The van der Waals surface area contributed by atoms with Gasteiger partial charge in [-0.15, -0.1) is 11.3 Å². The minimum Gasteiger partial charge on any atom is -0.481 e. The van der Waals surface area contributed by atoms with Gasteiger partial charge in [-0.2, -0.15) is 26.3 Å². The molecule has 2 aliphatic rings. The zero-order valence-corrected chi connectivity index (χ0v) is 20.2. The molecule has 4 heterocycles. The number of methoxy groups -OCH3 is 1. The van der Waals surface area contributed by atoms with Crippen LogP contribution in [-0.4, -0.2) is 87.6 Å². The van der Waals surface area contributed by atoms with Crippen LogP contribution in [0.3, 0.4) is 0 Å². The van der Waals surface area contributed by atoms with Crippen LogP contribution in [-0.2, 0) is 22.7 Å². The van der Waals surface area contributed by atoms with E-state index in [2.05, 4.69) is 31.2 Å². The van der Waals surface area contributed by atoms with E-state index in [4.69, 9.17) is 24.5 Å². The molecule has 0 aliphatic carbocycles. The SMILES string of the molecule is COc1ncccc1CN1C[C@H]2CN(Cc3nccs3)C[C@H]2C1.O=C(O)C(F)(F)F.O=C(O)C(F)(F)F. The van der Waals surface area contributed by atoms with Gasteiger partial charge >= 0.3 is 24.3 Å². The quantitative estimate of drug-likeness (QED) is 0.533. The molecule has 0 amide bonds. The van der Waals surface area contributed by atoms with Crippen molar-refractivity contribution in [3.8, 4) is 5.88 Å². The Labute approximate surface area is 211 Å². The first-order valence-corrected chi connectivity index (χ1v) is 11.5. The van der Waals surface area contributed by atoms with Crippen molar-refractivity contribution in [3.63, 3.8) is 0 Å². The summed E-state index contributed by atoms with van der Waals surface area (Å²) in [5.41, 5.74) is 1.19. The highest BCUT2D eigenvalue weighted by Crippen LogP contribution is 2.33. The van der Waals surface area contributed by atoms with Gasteiger partial charge < -0.3 is 14.9 Å². The maximum Gasteiger partial charge on any atom is 0.490 e. The van der Waals surface area contributed by atoms with Crippen molar-refractivity contribution in [1.82, 2.24) is 19.8 Å². The molecular weight excluding hydrogens is 534 g/mol. The molecule has 2 saturated heterocycles. The standard InChI is InChI=1S/C17H22N4OS.2C2HF3O2/c1-22-17-13(3-2-4-19-17)7-20-8-14-10-21(11-15(14)9-20)12-16-18-5-6-23-16;2*3-2(4,5)1(6)7/h2-6,14-15H,7-12H2,1H3;2*(H,6,7)/t14-,15+;;. The summed E-state index contributed by atoms with van der Waals surface area (Å²) in [6, 6.07) is 4.11. The number of ether oxygens (including phenoxy) is 1. The number of alkyl halides is 6. The number of fused-ring (bicyclic) bond motifs is 1. The van der Waals surface area contributed by atoms with Crippen LogP contribution in [0.2, 0.25) is 0 Å². The van der Waals surface area contributed by atoms with E-state index in [-0.39, 0.29) is 0 Å². The lowest BCUT2D eigenvalue weighted by Crippen LogP contribution is -2.28. The summed E-state index contributed by atoms with van der Waals surface area (Å²) < 4.78 is 68.8. The Bertz CT molecular complexity index is 984. The molecule has 2 fully saturated rings. The molecular formula is C21H24F6N4O5S. The Balaban J connectivity index is 0.000000286. The van der Waals surface area contributed by atoms with Gasteiger partial charge in [-0.1, -0.05) is 6.07 Å². The zero-order valence-electron chi connectivity index (χ0n) is 19.4. The van der Waals surface area contributed by atoms with E-state index in [1.165, 1.54) is 36.8 Å². The van der Waals surface area contributed by atoms with Crippen LogP contribution in [0, 0.1) is 11.8 Å². The second kappa shape index (κ2) is 13.0. The van der Waals surface area contributed by atoms with Gasteiger partial charge in [0.1, 0.15) is 5.01 Å². The highest BCUT2D eigenvalue weighted by Gasteiger charge is 2.40. The number of aromatic nitrogens is 2. The van der Waals surface area contributed by atoms with Gasteiger partial charge in [0.05, 0.1) is 13.7 Å². The fraction of sp³-hybridized carbons (Fsp3) is 0.524. The van der Waals surface area contributed by atoms with Gasteiger partial charge in [0.2, 0.25) is 5.88 Å². The van der Waals surface area contributed by atoms with Gasteiger partial charge in [-0.3, -0.25) is 9.80 Å². The number of nitrogens with zero attached hydrogens (tertiary/aromatic N) is 4. The number of pyridine rings is 1. The highest BCUT2D eigenvalue weighted by atomic mass is 32.1. The van der Waals surface area contributed by atoms with Gasteiger partial charge in [-0.25, -0.2) is 19.6 Å². The van der Waals surface area contributed by atoms with E-state index in [9.17, 15) is 26.3 Å². The summed E-state index contributed by atoms with van der Waals surface area (Å²) in [6.45, 7) is 6.71. The summed E-state index contributed by atoms with van der Waals surface area (Å²) in [4.78, 5) is 31.6. The Morgan fingerprint density at radius 1 is 0.946 bits per heavy atom. The Hall–Kier alpha value is -2.98. The lowest BCUT2D eigenvalue weighted by molar-refractivity contribution is -0.193. The molecule has 4 rings (SSSR count). The fourth-order valence-electron chi connectivity index (χ4n) is 3.94. The number of rotatable bonds is 5. The molecule has 2 atom stereocenters. The van der Waals surface area contributed by atoms with Gasteiger partial charge in [0.15, 0.2) is 0 Å². The first-order valence-electron chi connectivity index (χ1n) is 10.6. The number of carbonyl (C=O) groups is 2. The van der Waals surface area contributed by atoms with Gasteiger partial charge in [0, 0.05) is 56.1 Å². The van der Waals surface area contributed by atoms with Crippen molar-refractivity contribution >= 4 is 23.3 Å². The second-order valence-corrected chi connectivity index (χ2v) is 9.09. The first-order chi connectivity index (χ1) is 17.2. The first kappa shape index (κ1) is 30.2. The third kappa shape index (κ3) is 9.77. The van der Waals surface area contributed by atoms with Crippen LogP contribution in [0.5, 0.6) is 5.88 Å². The molecule has 0 aromatic carbocycles. The summed E-state index contributed by atoms with van der Waals surface area (Å²) in [7, 11) is 1.70. The maximum absolute atomic E-state index is 10.6. The zero-order chi connectivity index (χ0) is 27.8. The van der Waals surface area contributed by atoms with E-state index in [1.807, 2.05) is 12.3 Å². The van der Waals surface area contributed by atoms with Crippen LogP contribution < -0.4 is 4.74 Å². The Morgan fingerprint density at radius 2 is 1.43 bits per heavy atom. The minimum atomic E-state index is -5.08. The summed E-state index contributed by atoms with van der Waals surface area (Å²) in [6.07, 6.45) is -6.47. The highest BCUT2D eigenvalue weighted by molar-refractivity contribution is 7.09. The Morgan fingerprint density at radius 3 is 1.84 bits per heavy atom. The molecule has 2 N–H and O–H groups in total. The third-order valence-corrected chi connectivity index (χ3v) is 6.17. The summed E-state index contributed by atoms with van der Waals surface area (Å²) in [5.74, 6) is -3.18. The van der Waals surface area contributed by atoms with Crippen LogP contribution >= 0.6 is 11.3 Å². The molecule has 0 unspecified atom stereocenters. The number of carboxylic acids is 2. The number of halogens is 6. The predicted octanol–water partition coefficient (Wildman–Crippen LogP) is 3.38. The maximum atomic E-state index is 10.6. The molecule has 0 saturated carbocycles. The van der Waals surface area contributed by atoms with Crippen LogP contribution in [0.25, 0.3) is 0 Å². The normalized spacial score (nSPS) is 19.8. The average Bonchev–Trinajstić information content (AvgIpc) is 3.51. The van der Waals surface area contributed by atoms with E-state index < -0.39 is 24.3 Å². The molecule has 16 heteroatoms. The lowest BCUT2D eigenvalue weighted by Gasteiger charge is -2.21. The fourth-order valence-corrected chi connectivity index (χ4v) is 4.59. The van der Waals surface area contributed by atoms with Gasteiger partial charge in [0.25, 0.3) is 0 Å². The van der Waals surface area contributed by atoms with Crippen LogP contribution in [0.4, 0.5) is 26.3 Å². The molecule has 206 valence electrons. The number of aliphatic carboxylic acids is 2. The number of hydrogen-bond donors (Lipinski definition) is 2. The molecule has 37 heavy (non-hydrogen) atoms. The van der Waals surface area contributed by atoms with Crippen molar-refractivity contribution in [2.24, 2.45) is 11.8 Å². The van der Waals surface area contributed by atoms with E-state index in [0.717, 1.165) is 30.8 Å². The second-order valence-electron chi connectivity index (χ2n) is 8.11. The average molecular weight is 559 g/mol. The number of carboxylic acid groups (broad SMARTS) is 2. The monoisotopic (exact) mass is 558 g/mol. The van der Waals surface area contributed by atoms with Crippen molar-refractivity contribution in [2.75, 3.05) is 33.3 Å². The van der Waals surface area contributed by atoms with E-state index >= 15 is 0 Å². The number of hydrogen-bond acceptors (Lipinski definition) is 8. The lowest BCUT2D eigenvalue weighted by atomic mass is 10.0. The molecule has 0 radical (unpaired) electrons. The summed E-state index contributed by atoms with van der Waals surface area (Å²) in [5, 5.41) is 17.6. The van der Waals surface area contributed by atoms with E-state index in [0.29, 0.717) is 0 Å². The molecule has 2 aromatic heterocycles. The number of thiazole rings is 1. The largest absolute Gasteiger partial charge is 0.490 e. The molecule has 9 nitrogen and oxygen atoms in total. The summed E-state index contributed by atoms with van der Waals surface area (Å²) >= 11 is 1.76. The van der Waals surface area contributed by atoms with Crippen LogP contribution in [0.15, 0.2) is 29.9 Å². The van der Waals surface area contributed by atoms with Crippen molar-refractivity contribution in [1.29, 1.82) is 0 Å². The molecule has 0 spiro atoms. The Kier molecular flexibility index (Phi) is 10.6. The van der Waals surface area contributed by atoms with Crippen molar-refractivity contribution < 1.29 is 50.9 Å². The topological polar surface area (TPSA) is 116 Å². The minimum absolute atomic E-state index is 0.759. The number of likely N-dealkylation sites (tertiary alicyclic amines) is 2. The van der Waals surface area contributed by atoms with Crippen LogP contribution in [0.1, 0.15) is 10.6 Å². The van der Waals surface area contributed by atoms with Crippen molar-refractivity contribution in [3.05, 3.63) is 40.5 Å². The van der Waals surface area contributed by atoms with E-state index in [1.54, 1.807) is 24.6 Å². The predicted molar refractivity (Wildman–Crippen MR) is 118 cm³/mol. The van der Waals surface area contributed by atoms with Gasteiger partial charge in [-0.05, 0) is 17.9 Å².